The van der Waals surface area contributed by atoms with E-state index in [0.717, 1.165) is 0 Å². The van der Waals surface area contributed by atoms with E-state index >= 15 is 0 Å². The van der Waals surface area contributed by atoms with Crippen LogP contribution in [0.2, 0.25) is 0 Å². The summed E-state index contributed by atoms with van der Waals surface area (Å²) in [6.07, 6.45) is -3.27. The Morgan fingerprint density at radius 1 is 1.29 bits per heavy atom. The highest BCUT2D eigenvalue weighted by Crippen LogP contribution is 2.45. The van der Waals surface area contributed by atoms with Crippen LogP contribution in [0.4, 0.5) is 13.2 Å². The zero-order chi connectivity index (χ0) is 16.1. The van der Waals surface area contributed by atoms with Gasteiger partial charge in [0.25, 0.3) is 5.91 Å². The van der Waals surface area contributed by atoms with E-state index in [2.05, 4.69) is 6.58 Å². The first-order valence-electron chi connectivity index (χ1n) is 6.11. The molecule has 0 heterocycles. The minimum Gasteiger partial charge on any atom is -0.333 e. The van der Waals surface area contributed by atoms with E-state index in [1.165, 1.54) is 6.08 Å². The number of halogens is 3. The molecule has 0 bridgehead atoms. The molecule has 2 amide bonds. The fraction of sp³-hybridized carbons (Fsp3) is 0.636. The van der Waals surface area contributed by atoms with Crippen molar-refractivity contribution in [3.05, 3.63) is 12.7 Å². The molecule has 2 saturated carbocycles. The largest absolute Gasteiger partial charge is 0.471 e. The molecule has 2 rings (SSSR count). The monoisotopic (exact) mass is 326 g/mol. The van der Waals surface area contributed by atoms with Crippen molar-refractivity contribution >= 4 is 21.8 Å². The topological polar surface area (TPSA) is 92.3 Å². The van der Waals surface area contributed by atoms with Gasteiger partial charge in [0.2, 0.25) is 10.0 Å². The number of carbonyl (C=O) groups is 2. The van der Waals surface area contributed by atoms with Crippen LogP contribution in [0.5, 0.6) is 0 Å². The number of carbonyl (C=O) groups excluding carboxylic acids is 2. The average molecular weight is 326 g/mol. The normalized spacial score (nSPS) is 28.6. The number of hydrogen-bond donors (Lipinski definition) is 2. The van der Waals surface area contributed by atoms with Crippen molar-refractivity contribution in [2.24, 2.45) is 5.92 Å². The van der Waals surface area contributed by atoms with Crippen LogP contribution < -0.4 is 10.0 Å². The lowest BCUT2D eigenvalue weighted by atomic mass is 10.2. The highest BCUT2D eigenvalue weighted by atomic mass is 32.2. The van der Waals surface area contributed by atoms with Crippen molar-refractivity contribution < 1.29 is 31.2 Å². The molecule has 2 N–H and O–H groups in total. The molecule has 0 saturated heterocycles. The van der Waals surface area contributed by atoms with E-state index in [-0.39, 0.29) is 6.42 Å². The van der Waals surface area contributed by atoms with Gasteiger partial charge in [-0.3, -0.25) is 14.3 Å². The summed E-state index contributed by atoms with van der Waals surface area (Å²) < 4.78 is 61.9. The van der Waals surface area contributed by atoms with E-state index in [1.54, 1.807) is 10.0 Å². The summed E-state index contributed by atoms with van der Waals surface area (Å²) in [5.41, 5.74) is -1.89. The first-order valence-corrected chi connectivity index (χ1v) is 7.65. The lowest BCUT2D eigenvalue weighted by molar-refractivity contribution is -0.175. The van der Waals surface area contributed by atoms with Gasteiger partial charge in [0.05, 0.1) is 5.25 Å². The summed E-state index contributed by atoms with van der Waals surface area (Å²) in [6.45, 7) is 3.35. The highest BCUT2D eigenvalue weighted by molar-refractivity contribution is 7.90. The third-order valence-corrected chi connectivity index (χ3v) is 5.32. The Bertz CT molecular complexity index is 597. The molecule has 6 nitrogen and oxygen atoms in total. The number of amides is 2. The second-order valence-corrected chi connectivity index (χ2v) is 7.11. The maximum Gasteiger partial charge on any atom is 0.471 e. The number of nitrogens with one attached hydrogen (secondary N) is 2. The standard InChI is InChI=1S/C11H13F3N2O4S/c1-2-6-5-10(6,15-9(18)11(12,13)14)8(17)16-21(19,20)7-3-4-7/h2,6-7H,1,3-5H2,(H,15,18)(H,16,17)/t6-,10-/m1/s1. The van der Waals surface area contributed by atoms with Crippen LogP contribution in [0.3, 0.4) is 0 Å². The molecule has 0 aromatic heterocycles. The third kappa shape index (κ3) is 3.04. The van der Waals surface area contributed by atoms with Gasteiger partial charge < -0.3 is 5.32 Å². The minimum atomic E-state index is -5.16. The fourth-order valence-electron chi connectivity index (χ4n) is 1.99. The van der Waals surface area contributed by atoms with Crippen LogP contribution >= 0.6 is 0 Å². The average Bonchev–Trinajstić information content (AvgIpc) is 3.21. The van der Waals surface area contributed by atoms with Crippen molar-refractivity contribution in [2.45, 2.75) is 36.2 Å². The SMILES string of the molecule is C=C[C@@H]1C[C@]1(NC(=O)C(F)(F)F)C(=O)NS(=O)(=O)C1CC1. The first kappa shape index (κ1) is 15.8. The predicted molar refractivity (Wildman–Crippen MR) is 65.3 cm³/mol. The van der Waals surface area contributed by atoms with Gasteiger partial charge in [-0.1, -0.05) is 6.08 Å². The quantitative estimate of drug-likeness (QED) is 0.707. The molecular formula is C11H13F3N2O4S. The van der Waals surface area contributed by atoms with E-state index < -0.39 is 44.7 Å². The molecule has 2 atom stereocenters. The van der Waals surface area contributed by atoms with Crippen molar-refractivity contribution in [2.75, 3.05) is 0 Å². The molecular weight excluding hydrogens is 313 g/mol. The molecule has 0 aliphatic heterocycles. The molecule has 0 spiro atoms. The van der Waals surface area contributed by atoms with Crippen molar-refractivity contribution in [1.29, 1.82) is 0 Å². The molecule has 0 unspecified atom stereocenters. The van der Waals surface area contributed by atoms with Crippen LogP contribution in [0.25, 0.3) is 0 Å². The van der Waals surface area contributed by atoms with Gasteiger partial charge in [-0.05, 0) is 19.3 Å². The van der Waals surface area contributed by atoms with Crippen LogP contribution in [0, 0.1) is 5.92 Å². The number of sulfonamides is 1. The Kier molecular flexibility index (Phi) is 3.55. The van der Waals surface area contributed by atoms with Crippen molar-refractivity contribution in [1.82, 2.24) is 10.0 Å². The first-order chi connectivity index (χ1) is 9.53. The number of alkyl halides is 3. The Balaban J connectivity index is 2.14. The second kappa shape index (κ2) is 4.72. The number of rotatable bonds is 5. The molecule has 2 aliphatic carbocycles. The van der Waals surface area contributed by atoms with E-state index in [9.17, 15) is 31.2 Å². The molecule has 118 valence electrons. The maximum atomic E-state index is 12.3. The van der Waals surface area contributed by atoms with Gasteiger partial charge in [0.1, 0.15) is 5.54 Å². The predicted octanol–water partition coefficient (Wildman–Crippen LogP) is 0.218. The lowest BCUT2D eigenvalue weighted by Crippen LogP contribution is -2.55. The van der Waals surface area contributed by atoms with Gasteiger partial charge >= 0.3 is 12.1 Å². The zero-order valence-electron chi connectivity index (χ0n) is 10.7. The van der Waals surface area contributed by atoms with Crippen LogP contribution in [-0.4, -0.2) is 37.2 Å². The summed E-state index contributed by atoms with van der Waals surface area (Å²) in [4.78, 5) is 23.0. The molecule has 21 heavy (non-hydrogen) atoms. The van der Waals surface area contributed by atoms with E-state index in [4.69, 9.17) is 0 Å². The molecule has 2 aliphatic rings. The van der Waals surface area contributed by atoms with Crippen LogP contribution in [0.1, 0.15) is 19.3 Å². The fourth-order valence-corrected chi connectivity index (χ4v) is 3.35. The molecule has 10 heteroatoms. The molecule has 0 radical (unpaired) electrons. The molecule has 0 aromatic rings. The lowest BCUT2D eigenvalue weighted by Gasteiger charge is -2.19. The van der Waals surface area contributed by atoms with Crippen LogP contribution in [0.15, 0.2) is 12.7 Å². The van der Waals surface area contributed by atoms with Crippen molar-refractivity contribution in [3.63, 3.8) is 0 Å². The third-order valence-electron chi connectivity index (χ3n) is 3.50. The Morgan fingerprint density at radius 2 is 1.86 bits per heavy atom. The van der Waals surface area contributed by atoms with E-state index in [1.807, 2.05) is 0 Å². The molecule has 0 aromatic carbocycles. The Hall–Kier alpha value is -1.58. The summed E-state index contributed by atoms with van der Waals surface area (Å²) in [5.74, 6) is -4.18. The zero-order valence-corrected chi connectivity index (χ0v) is 11.6. The minimum absolute atomic E-state index is 0.121. The summed E-state index contributed by atoms with van der Waals surface area (Å²) in [5, 5.41) is 0.882. The maximum absolute atomic E-state index is 12.3. The molecule has 2 fully saturated rings. The van der Waals surface area contributed by atoms with Gasteiger partial charge in [-0.15, -0.1) is 6.58 Å². The van der Waals surface area contributed by atoms with Gasteiger partial charge in [0.15, 0.2) is 0 Å². The number of hydrogen-bond acceptors (Lipinski definition) is 4. The summed E-state index contributed by atoms with van der Waals surface area (Å²) in [7, 11) is -3.90. The Morgan fingerprint density at radius 3 is 2.24 bits per heavy atom. The second-order valence-electron chi connectivity index (χ2n) is 5.15. The van der Waals surface area contributed by atoms with E-state index in [0.29, 0.717) is 12.8 Å². The van der Waals surface area contributed by atoms with Gasteiger partial charge in [0, 0.05) is 5.92 Å². The van der Waals surface area contributed by atoms with Crippen LogP contribution in [-0.2, 0) is 19.6 Å². The summed E-state index contributed by atoms with van der Waals surface area (Å²) >= 11 is 0. The highest BCUT2D eigenvalue weighted by Gasteiger charge is 2.62. The smallest absolute Gasteiger partial charge is 0.333 e. The van der Waals surface area contributed by atoms with Crippen molar-refractivity contribution in [3.8, 4) is 0 Å². The van der Waals surface area contributed by atoms with Gasteiger partial charge in [-0.2, -0.15) is 13.2 Å². The Labute approximate surface area is 118 Å². The summed E-state index contributed by atoms with van der Waals surface area (Å²) in [6, 6.07) is 0. The van der Waals surface area contributed by atoms with Gasteiger partial charge in [-0.25, -0.2) is 8.42 Å².